The van der Waals surface area contributed by atoms with Gasteiger partial charge in [-0.2, -0.15) is 12.7 Å². The van der Waals surface area contributed by atoms with Gasteiger partial charge in [0.05, 0.1) is 7.11 Å². The molecule has 1 rings (SSSR count). The molecular weight excluding hydrogens is 270 g/mol. The smallest absolute Gasteiger partial charge is 0.421 e. The van der Waals surface area contributed by atoms with E-state index in [0.29, 0.717) is 19.1 Å². The van der Waals surface area contributed by atoms with Crippen LogP contribution in [-0.4, -0.2) is 51.1 Å². The van der Waals surface area contributed by atoms with E-state index in [1.165, 1.54) is 4.31 Å². The van der Waals surface area contributed by atoms with Gasteiger partial charge in [0.1, 0.15) is 0 Å². The van der Waals surface area contributed by atoms with E-state index in [0.717, 1.165) is 26.4 Å². The van der Waals surface area contributed by atoms with Crippen molar-refractivity contribution in [3.63, 3.8) is 0 Å². The third-order valence-electron chi connectivity index (χ3n) is 3.04. The molecule has 1 atom stereocenters. The third-order valence-corrected chi connectivity index (χ3v) is 4.56. The zero-order valence-corrected chi connectivity index (χ0v) is 12.5. The van der Waals surface area contributed by atoms with Gasteiger partial charge in [-0.15, -0.1) is 0 Å². The van der Waals surface area contributed by atoms with Crippen LogP contribution in [0.4, 0.5) is 4.79 Å². The molecule has 0 aromatic rings. The van der Waals surface area contributed by atoms with Gasteiger partial charge in [0.2, 0.25) is 0 Å². The van der Waals surface area contributed by atoms with Crippen LogP contribution in [0.15, 0.2) is 0 Å². The number of rotatable bonds is 5. The monoisotopic (exact) mass is 293 g/mol. The van der Waals surface area contributed by atoms with Crippen molar-refractivity contribution in [2.45, 2.75) is 45.2 Å². The van der Waals surface area contributed by atoms with Crippen molar-refractivity contribution in [2.24, 2.45) is 0 Å². The average Bonchev–Trinajstić information content (AvgIpc) is 2.36. The summed E-state index contributed by atoms with van der Waals surface area (Å²) in [6.45, 7) is 5.03. The Hall–Kier alpha value is -0.860. The molecule has 1 unspecified atom stereocenters. The standard InChI is InChI=1S/C11H23N3O4S/c1-9(2)12-8-10-6-4-5-7-14(10)19(16,17)13-11(15)18-3/h9-10,12H,4-8H2,1-3H3,(H,13,15). The number of carbonyl (C=O) groups excluding carboxylic acids is 1. The summed E-state index contributed by atoms with van der Waals surface area (Å²) in [5.74, 6) is 0. The normalized spacial score (nSPS) is 21.4. The van der Waals surface area contributed by atoms with Crippen LogP contribution < -0.4 is 10.0 Å². The lowest BCUT2D eigenvalue weighted by molar-refractivity contribution is 0.175. The molecule has 0 aromatic heterocycles. The van der Waals surface area contributed by atoms with Crippen LogP contribution in [0.1, 0.15) is 33.1 Å². The fourth-order valence-corrected chi connectivity index (χ4v) is 3.42. The SMILES string of the molecule is COC(=O)NS(=O)(=O)N1CCCCC1CNC(C)C. The first-order chi connectivity index (χ1) is 8.86. The molecule has 1 aliphatic heterocycles. The highest BCUT2D eigenvalue weighted by Crippen LogP contribution is 2.19. The largest absolute Gasteiger partial charge is 0.452 e. The van der Waals surface area contributed by atoms with Crippen molar-refractivity contribution < 1.29 is 17.9 Å². The Morgan fingerprint density at radius 1 is 1.42 bits per heavy atom. The first kappa shape index (κ1) is 16.2. The number of hydrogen-bond donors (Lipinski definition) is 2. The number of hydrogen-bond acceptors (Lipinski definition) is 5. The van der Waals surface area contributed by atoms with Crippen molar-refractivity contribution in [2.75, 3.05) is 20.2 Å². The minimum Gasteiger partial charge on any atom is -0.452 e. The van der Waals surface area contributed by atoms with Gasteiger partial charge in [0.25, 0.3) is 0 Å². The van der Waals surface area contributed by atoms with Crippen LogP contribution in [-0.2, 0) is 14.9 Å². The summed E-state index contributed by atoms with van der Waals surface area (Å²) in [6.07, 6.45) is 1.64. The minimum absolute atomic E-state index is 0.127. The summed E-state index contributed by atoms with van der Waals surface area (Å²) >= 11 is 0. The molecule has 112 valence electrons. The van der Waals surface area contributed by atoms with Gasteiger partial charge in [-0.25, -0.2) is 9.52 Å². The summed E-state index contributed by atoms with van der Waals surface area (Å²) < 4.78 is 31.8. The van der Waals surface area contributed by atoms with Crippen LogP contribution >= 0.6 is 0 Å². The van der Waals surface area contributed by atoms with Crippen LogP contribution in [0.25, 0.3) is 0 Å². The van der Waals surface area contributed by atoms with E-state index in [-0.39, 0.29) is 6.04 Å². The zero-order valence-electron chi connectivity index (χ0n) is 11.7. The van der Waals surface area contributed by atoms with Gasteiger partial charge in [-0.1, -0.05) is 20.3 Å². The molecule has 0 radical (unpaired) electrons. The van der Waals surface area contributed by atoms with Crippen LogP contribution in [0, 0.1) is 0 Å². The second kappa shape index (κ2) is 7.06. The van der Waals surface area contributed by atoms with Crippen molar-refractivity contribution in [1.29, 1.82) is 0 Å². The van der Waals surface area contributed by atoms with E-state index in [9.17, 15) is 13.2 Å². The number of nitrogens with zero attached hydrogens (tertiary/aromatic N) is 1. The van der Waals surface area contributed by atoms with Crippen LogP contribution in [0.2, 0.25) is 0 Å². The summed E-state index contributed by atoms with van der Waals surface area (Å²) in [4.78, 5) is 11.1. The molecule has 8 heteroatoms. The maximum atomic E-state index is 12.1. The fourth-order valence-electron chi connectivity index (χ4n) is 2.07. The third kappa shape index (κ3) is 4.96. The molecule has 1 amide bonds. The lowest BCUT2D eigenvalue weighted by atomic mass is 10.0. The van der Waals surface area contributed by atoms with Gasteiger partial charge < -0.3 is 10.1 Å². The molecule has 1 aliphatic rings. The number of methoxy groups -OCH3 is 1. The molecule has 1 fully saturated rings. The minimum atomic E-state index is -3.82. The lowest BCUT2D eigenvalue weighted by Crippen LogP contribution is -2.53. The van der Waals surface area contributed by atoms with E-state index < -0.39 is 16.3 Å². The maximum absolute atomic E-state index is 12.1. The van der Waals surface area contributed by atoms with Gasteiger partial charge in [0, 0.05) is 25.2 Å². The Morgan fingerprint density at radius 2 is 2.11 bits per heavy atom. The fraction of sp³-hybridized carbons (Fsp3) is 0.909. The van der Waals surface area contributed by atoms with Crippen molar-refractivity contribution in [1.82, 2.24) is 14.3 Å². The van der Waals surface area contributed by atoms with Crippen LogP contribution in [0.5, 0.6) is 0 Å². The first-order valence-electron chi connectivity index (χ1n) is 6.47. The summed E-state index contributed by atoms with van der Waals surface area (Å²) in [7, 11) is -2.69. The van der Waals surface area contributed by atoms with Gasteiger partial charge in [-0.3, -0.25) is 0 Å². The predicted molar refractivity (Wildman–Crippen MR) is 71.9 cm³/mol. The zero-order chi connectivity index (χ0) is 14.5. The summed E-state index contributed by atoms with van der Waals surface area (Å²) in [6, 6.07) is 0.165. The quantitative estimate of drug-likeness (QED) is 0.768. The molecule has 2 N–H and O–H groups in total. The van der Waals surface area contributed by atoms with Gasteiger partial charge >= 0.3 is 16.3 Å². The molecule has 19 heavy (non-hydrogen) atoms. The Balaban J connectivity index is 2.72. The average molecular weight is 293 g/mol. The Bertz CT molecular complexity index is 397. The summed E-state index contributed by atoms with van der Waals surface area (Å²) in [5.41, 5.74) is 0. The molecule has 0 aromatic carbocycles. The second-order valence-electron chi connectivity index (χ2n) is 4.92. The molecule has 0 saturated carbocycles. The predicted octanol–water partition coefficient (Wildman–Crippen LogP) is 0.440. The Morgan fingerprint density at radius 3 is 2.68 bits per heavy atom. The molecule has 0 spiro atoms. The Kier molecular flexibility index (Phi) is 6.02. The molecule has 7 nitrogen and oxygen atoms in total. The topological polar surface area (TPSA) is 87.7 Å². The van der Waals surface area contributed by atoms with Crippen molar-refractivity contribution in [3.05, 3.63) is 0 Å². The van der Waals surface area contributed by atoms with E-state index >= 15 is 0 Å². The first-order valence-corrected chi connectivity index (χ1v) is 7.91. The van der Waals surface area contributed by atoms with Crippen molar-refractivity contribution in [3.8, 4) is 0 Å². The highest BCUT2D eigenvalue weighted by atomic mass is 32.2. The van der Waals surface area contributed by atoms with E-state index in [4.69, 9.17) is 0 Å². The van der Waals surface area contributed by atoms with Gasteiger partial charge in [0.15, 0.2) is 0 Å². The molecule has 1 heterocycles. The van der Waals surface area contributed by atoms with Crippen molar-refractivity contribution >= 4 is 16.3 Å². The highest BCUT2D eigenvalue weighted by molar-refractivity contribution is 7.87. The maximum Gasteiger partial charge on any atom is 0.421 e. The molecule has 0 aliphatic carbocycles. The molecule has 1 saturated heterocycles. The van der Waals surface area contributed by atoms with Crippen LogP contribution in [0.3, 0.4) is 0 Å². The van der Waals surface area contributed by atoms with E-state index in [1.807, 2.05) is 18.6 Å². The Labute approximate surface area is 114 Å². The van der Waals surface area contributed by atoms with E-state index in [1.54, 1.807) is 0 Å². The summed E-state index contributed by atoms with van der Waals surface area (Å²) in [5, 5.41) is 3.23. The number of piperidine rings is 1. The van der Waals surface area contributed by atoms with Gasteiger partial charge in [-0.05, 0) is 12.8 Å². The second-order valence-corrected chi connectivity index (χ2v) is 6.55. The molecule has 0 bridgehead atoms. The highest BCUT2D eigenvalue weighted by Gasteiger charge is 2.33. The number of nitrogens with one attached hydrogen (secondary N) is 2. The lowest BCUT2D eigenvalue weighted by Gasteiger charge is -2.34. The number of ether oxygens (including phenoxy) is 1. The van der Waals surface area contributed by atoms with E-state index in [2.05, 4.69) is 10.1 Å². The molecular formula is C11H23N3O4S. The number of carbonyl (C=O) groups is 1. The number of amides is 1.